The summed E-state index contributed by atoms with van der Waals surface area (Å²) in [4.78, 5) is 21.4. The molecule has 7 nitrogen and oxygen atoms in total. The van der Waals surface area contributed by atoms with Crippen LogP contribution >= 0.6 is 0 Å². The number of fused-ring (bicyclic) bond motifs is 5. The topological polar surface area (TPSA) is 84.1 Å². The summed E-state index contributed by atoms with van der Waals surface area (Å²) >= 11 is 0. The van der Waals surface area contributed by atoms with Gasteiger partial charge in [-0.15, -0.1) is 11.6 Å². The van der Waals surface area contributed by atoms with Crippen molar-refractivity contribution in [2.75, 3.05) is 0 Å². The number of rotatable bonds is 2. The Balaban J connectivity index is 0.000000160. The molecule has 0 saturated heterocycles. The minimum Gasteiger partial charge on any atom is -0.478 e. The van der Waals surface area contributed by atoms with E-state index in [-0.39, 0.29) is 26.8 Å². The molecule has 1 radical (unpaired) electrons. The van der Waals surface area contributed by atoms with Crippen LogP contribution in [-0.2, 0) is 20.1 Å². The van der Waals surface area contributed by atoms with Gasteiger partial charge in [0.05, 0.1) is 0 Å². The second kappa shape index (κ2) is 11.3. The first-order chi connectivity index (χ1) is 20.8. The van der Waals surface area contributed by atoms with E-state index in [1.54, 1.807) is 24.7 Å². The van der Waals surface area contributed by atoms with E-state index in [1.807, 2.05) is 72.8 Å². The fourth-order valence-electron chi connectivity index (χ4n) is 5.40. The third-order valence-corrected chi connectivity index (χ3v) is 7.26. The Morgan fingerprint density at radius 1 is 0.651 bits per heavy atom. The van der Waals surface area contributed by atoms with Gasteiger partial charge in [0.25, 0.3) is 0 Å². The van der Waals surface area contributed by atoms with Crippen molar-refractivity contribution >= 4 is 34.1 Å². The van der Waals surface area contributed by atoms with Gasteiger partial charge in [-0.05, 0) is 57.7 Å². The number of hydrogen-bond donors (Lipinski definition) is 0. The van der Waals surface area contributed by atoms with Gasteiger partial charge in [-0.25, -0.2) is 9.97 Å². The molecule has 2 aliphatic heterocycles. The van der Waals surface area contributed by atoms with Gasteiger partial charge in [0, 0.05) is 50.2 Å². The summed E-state index contributed by atoms with van der Waals surface area (Å²) < 4.78 is 12.5. The average molecular weight is 734 g/mol. The summed E-state index contributed by atoms with van der Waals surface area (Å²) in [6.45, 7) is 0.0823. The molecule has 0 N–H and O–H groups in total. The van der Waals surface area contributed by atoms with Gasteiger partial charge < -0.3 is 24.4 Å². The second-order valence-corrected chi connectivity index (χ2v) is 9.83. The molecule has 0 unspecified atom stereocenters. The molecule has 0 bridgehead atoms. The summed E-state index contributed by atoms with van der Waals surface area (Å²) in [6, 6.07) is 37.2. The first-order valence-electron chi connectivity index (χ1n) is 13.5. The summed E-state index contributed by atoms with van der Waals surface area (Å²) in [7, 11) is 0. The molecule has 0 aliphatic carbocycles. The van der Waals surface area contributed by atoms with E-state index in [9.17, 15) is 0 Å². The minimum absolute atomic E-state index is 0. The Bertz CT molecular complexity index is 1970. The largest absolute Gasteiger partial charge is 0.478 e. The van der Waals surface area contributed by atoms with Gasteiger partial charge >= 0.3 is 0 Å². The molecule has 0 fully saturated rings. The standard InChI is InChI=1S/C23H13BNO2.C11H7N4.Ir/c1-3-10-19-16(7-1)24-17-8-2-4-11-20(17)27-22-14-15(13-21(26-19)23(22)24)18-9-5-6-12-25-18;1-2-5-9-8(4-1)14-11(15-9)10-12-6-3-7-13-10;/h1-13H;1-7H;/q2*-1;. The van der Waals surface area contributed by atoms with Crippen molar-refractivity contribution in [3.63, 3.8) is 0 Å². The SMILES string of the molecule is [Ir].[c-]1c(-c2ccccn2)cc2c3c1Oc1ccccc1B3c1ccccc1O2.c1cnc(-c2nc3ccccc3[n-]2)nc1. The first-order valence-corrected chi connectivity index (χ1v) is 13.5. The van der Waals surface area contributed by atoms with Crippen molar-refractivity contribution in [3.8, 4) is 45.9 Å². The number of aromatic nitrogens is 5. The molecule has 0 atom stereocenters. The molecule has 7 aromatic rings. The van der Waals surface area contributed by atoms with Crippen molar-refractivity contribution in [2.24, 2.45) is 0 Å². The normalized spacial score (nSPS) is 11.9. The molecule has 3 aromatic heterocycles. The minimum atomic E-state index is 0. The van der Waals surface area contributed by atoms with E-state index < -0.39 is 0 Å². The summed E-state index contributed by atoms with van der Waals surface area (Å²) in [5.41, 5.74) is 6.80. The van der Waals surface area contributed by atoms with Crippen LogP contribution in [0.15, 0.2) is 122 Å². The van der Waals surface area contributed by atoms with Gasteiger partial charge in [-0.1, -0.05) is 84.3 Å². The van der Waals surface area contributed by atoms with Crippen LogP contribution in [0.5, 0.6) is 23.0 Å². The number of imidazole rings is 1. The van der Waals surface area contributed by atoms with Crippen molar-refractivity contribution < 1.29 is 29.6 Å². The number of nitrogens with zero attached hydrogens (tertiary/aromatic N) is 5. The maximum Gasteiger partial charge on any atom is 0.208 e. The fourth-order valence-corrected chi connectivity index (χ4v) is 5.40. The van der Waals surface area contributed by atoms with E-state index in [0.29, 0.717) is 17.4 Å². The van der Waals surface area contributed by atoms with Crippen LogP contribution in [0.1, 0.15) is 0 Å². The average Bonchev–Trinajstić information content (AvgIpc) is 3.50. The number of para-hydroxylation sites is 4. The molecule has 9 heteroatoms. The predicted octanol–water partition coefficient (Wildman–Crippen LogP) is 4.92. The summed E-state index contributed by atoms with van der Waals surface area (Å²) in [6.07, 6.45) is 5.15. The molecule has 2 aliphatic rings. The number of ether oxygens (including phenoxy) is 2. The molecule has 0 saturated carbocycles. The number of benzene rings is 4. The van der Waals surface area contributed by atoms with Crippen LogP contribution in [0.25, 0.3) is 33.9 Å². The first kappa shape index (κ1) is 26.8. The molecule has 0 spiro atoms. The van der Waals surface area contributed by atoms with E-state index in [2.05, 4.69) is 55.3 Å². The smallest absolute Gasteiger partial charge is 0.208 e. The Hall–Kier alpha value is -5.11. The molecular formula is C34H20BIrN5O2-2. The number of pyridine rings is 1. The Kier molecular flexibility index (Phi) is 7.03. The van der Waals surface area contributed by atoms with Crippen molar-refractivity contribution in [2.45, 2.75) is 0 Å². The Morgan fingerprint density at radius 2 is 1.33 bits per heavy atom. The van der Waals surface area contributed by atoms with E-state index in [1.165, 1.54) is 0 Å². The Morgan fingerprint density at radius 3 is 2.07 bits per heavy atom. The molecule has 0 amide bonds. The van der Waals surface area contributed by atoms with Gasteiger partial charge in [0.2, 0.25) is 6.71 Å². The fraction of sp³-hybridized carbons (Fsp3) is 0. The predicted molar refractivity (Wildman–Crippen MR) is 162 cm³/mol. The van der Waals surface area contributed by atoms with E-state index >= 15 is 0 Å². The van der Waals surface area contributed by atoms with Crippen LogP contribution < -0.4 is 30.8 Å². The zero-order valence-electron chi connectivity index (χ0n) is 22.5. The maximum atomic E-state index is 6.27. The third kappa shape index (κ3) is 4.89. The van der Waals surface area contributed by atoms with Crippen LogP contribution in [0.2, 0.25) is 0 Å². The van der Waals surface area contributed by atoms with Crippen molar-refractivity contribution in [1.82, 2.24) is 24.9 Å². The number of hydrogen-bond acceptors (Lipinski definition) is 6. The second-order valence-electron chi connectivity index (χ2n) is 9.83. The zero-order valence-corrected chi connectivity index (χ0v) is 24.9. The zero-order chi connectivity index (χ0) is 27.9. The van der Waals surface area contributed by atoms with Crippen molar-refractivity contribution in [1.29, 1.82) is 0 Å². The van der Waals surface area contributed by atoms with Crippen molar-refractivity contribution in [3.05, 3.63) is 128 Å². The van der Waals surface area contributed by atoms with Gasteiger partial charge in [0.1, 0.15) is 11.5 Å². The van der Waals surface area contributed by atoms with Crippen LogP contribution in [0.3, 0.4) is 0 Å². The summed E-state index contributed by atoms with van der Waals surface area (Å²) in [5.74, 6) is 4.42. The maximum absolute atomic E-state index is 6.27. The molecule has 5 heterocycles. The molecule has 9 rings (SSSR count). The van der Waals surface area contributed by atoms with E-state index in [0.717, 1.165) is 55.9 Å². The van der Waals surface area contributed by atoms with Crippen LogP contribution in [-0.4, -0.2) is 26.6 Å². The van der Waals surface area contributed by atoms with Gasteiger partial charge in [-0.3, -0.25) is 0 Å². The molecule has 4 aromatic carbocycles. The van der Waals surface area contributed by atoms with Gasteiger partial charge in [-0.2, -0.15) is 0 Å². The molecular weight excluding hydrogens is 713 g/mol. The monoisotopic (exact) mass is 734 g/mol. The molecule has 43 heavy (non-hydrogen) atoms. The summed E-state index contributed by atoms with van der Waals surface area (Å²) in [5, 5.41) is 0. The van der Waals surface area contributed by atoms with Gasteiger partial charge in [0.15, 0.2) is 5.82 Å². The quantitative estimate of drug-likeness (QED) is 0.184. The molecule has 207 valence electrons. The van der Waals surface area contributed by atoms with Crippen LogP contribution in [0, 0.1) is 6.07 Å². The van der Waals surface area contributed by atoms with Crippen LogP contribution in [0.4, 0.5) is 0 Å². The third-order valence-electron chi connectivity index (χ3n) is 7.26. The Labute approximate surface area is 261 Å². The van der Waals surface area contributed by atoms with E-state index in [4.69, 9.17) is 9.47 Å².